The van der Waals surface area contributed by atoms with Crippen LogP contribution in [0.25, 0.3) is 0 Å². The molecule has 1 N–H and O–H groups in total. The molecule has 1 aliphatic heterocycles. The number of amides is 1. The Morgan fingerprint density at radius 3 is 2.92 bits per heavy atom. The molecule has 134 valence electrons. The van der Waals surface area contributed by atoms with E-state index in [9.17, 15) is 4.79 Å². The summed E-state index contributed by atoms with van der Waals surface area (Å²) in [6.45, 7) is 6.05. The van der Waals surface area contributed by atoms with Crippen molar-refractivity contribution in [1.82, 2.24) is 15.4 Å². The van der Waals surface area contributed by atoms with Crippen LogP contribution in [-0.2, 0) is 11.2 Å². The lowest BCUT2D eigenvalue weighted by molar-refractivity contribution is -0.134. The fourth-order valence-corrected chi connectivity index (χ4v) is 3.46. The molecule has 6 nitrogen and oxygen atoms in total. The third-order valence-corrected chi connectivity index (χ3v) is 4.83. The van der Waals surface area contributed by atoms with Crippen LogP contribution in [0, 0.1) is 13.8 Å². The highest BCUT2D eigenvalue weighted by molar-refractivity contribution is 5.77. The number of para-hydroxylation sites is 1. The highest BCUT2D eigenvalue weighted by Gasteiger charge is 2.29. The molecule has 1 amide bonds. The highest BCUT2D eigenvalue weighted by atomic mass is 16.5. The average molecular weight is 343 g/mol. The van der Waals surface area contributed by atoms with Gasteiger partial charge in [0.2, 0.25) is 5.91 Å². The second-order valence-electron chi connectivity index (χ2n) is 6.35. The maximum Gasteiger partial charge on any atom is 0.223 e. The van der Waals surface area contributed by atoms with Crippen LogP contribution in [0.3, 0.4) is 0 Å². The molecule has 6 heteroatoms. The molecule has 1 saturated heterocycles. The van der Waals surface area contributed by atoms with Gasteiger partial charge in [0, 0.05) is 37.2 Å². The maximum atomic E-state index is 12.9. The van der Waals surface area contributed by atoms with Crippen molar-refractivity contribution in [2.75, 3.05) is 26.7 Å². The molecule has 2 aromatic rings. The smallest absolute Gasteiger partial charge is 0.223 e. The molecule has 3 rings (SSSR count). The summed E-state index contributed by atoms with van der Waals surface area (Å²) in [6, 6.07) is 7.89. The zero-order valence-corrected chi connectivity index (χ0v) is 15.0. The van der Waals surface area contributed by atoms with Crippen LogP contribution < -0.4 is 10.1 Å². The zero-order valence-electron chi connectivity index (χ0n) is 15.0. The Bertz CT molecular complexity index is 722. The molecule has 1 aromatic carbocycles. The normalized spacial score (nSPS) is 17.6. The number of aromatic nitrogens is 1. The third-order valence-electron chi connectivity index (χ3n) is 4.83. The van der Waals surface area contributed by atoms with E-state index >= 15 is 0 Å². The number of carbonyl (C=O) groups excluding carboxylic acids is 1. The minimum atomic E-state index is -0.0120. The van der Waals surface area contributed by atoms with Crippen molar-refractivity contribution in [3.8, 4) is 5.75 Å². The zero-order chi connectivity index (χ0) is 17.8. The monoisotopic (exact) mass is 343 g/mol. The number of nitrogens with zero attached hydrogens (tertiary/aromatic N) is 2. The number of methoxy groups -OCH3 is 1. The SMILES string of the molecule is COc1ccccc1[C@@H]1CNCCN1C(=O)CCc1c(C)noc1C. The van der Waals surface area contributed by atoms with Gasteiger partial charge in [-0.2, -0.15) is 0 Å². The molecule has 0 radical (unpaired) electrons. The first kappa shape index (κ1) is 17.5. The lowest BCUT2D eigenvalue weighted by Gasteiger charge is -2.37. The number of hydrogen-bond donors (Lipinski definition) is 1. The van der Waals surface area contributed by atoms with Gasteiger partial charge in [0.1, 0.15) is 11.5 Å². The molecule has 1 fully saturated rings. The van der Waals surface area contributed by atoms with Gasteiger partial charge in [-0.15, -0.1) is 0 Å². The van der Waals surface area contributed by atoms with Gasteiger partial charge in [0.25, 0.3) is 0 Å². The van der Waals surface area contributed by atoms with E-state index in [0.29, 0.717) is 19.4 Å². The molecule has 0 aliphatic carbocycles. The van der Waals surface area contributed by atoms with Crippen molar-refractivity contribution in [1.29, 1.82) is 0 Å². The molecule has 1 atom stereocenters. The minimum Gasteiger partial charge on any atom is -0.496 e. The Hall–Kier alpha value is -2.34. The van der Waals surface area contributed by atoms with Crippen molar-refractivity contribution in [3.05, 3.63) is 46.8 Å². The van der Waals surface area contributed by atoms with Crippen molar-refractivity contribution in [2.24, 2.45) is 0 Å². The largest absolute Gasteiger partial charge is 0.496 e. The van der Waals surface area contributed by atoms with E-state index in [1.54, 1.807) is 7.11 Å². The van der Waals surface area contributed by atoms with Crippen LogP contribution in [0.2, 0.25) is 0 Å². The number of ether oxygens (including phenoxy) is 1. The number of rotatable bonds is 5. The van der Waals surface area contributed by atoms with Gasteiger partial charge in [-0.05, 0) is 26.3 Å². The Balaban J connectivity index is 1.75. The second kappa shape index (κ2) is 7.70. The summed E-state index contributed by atoms with van der Waals surface area (Å²) in [7, 11) is 1.67. The van der Waals surface area contributed by atoms with Gasteiger partial charge in [0.15, 0.2) is 0 Å². The van der Waals surface area contributed by atoms with Crippen LogP contribution >= 0.6 is 0 Å². The van der Waals surface area contributed by atoms with Crippen LogP contribution in [0.5, 0.6) is 5.75 Å². The van der Waals surface area contributed by atoms with Gasteiger partial charge < -0.3 is 19.5 Å². The Morgan fingerprint density at radius 2 is 2.20 bits per heavy atom. The standard InChI is InChI=1S/C19H25N3O3/c1-13-15(14(2)25-21-13)8-9-19(23)22-11-10-20-12-17(22)16-6-4-5-7-18(16)24-3/h4-7,17,20H,8-12H2,1-3H3/t17-/m0/s1. The van der Waals surface area contributed by atoms with E-state index in [1.165, 1.54) is 0 Å². The molecule has 0 spiro atoms. The van der Waals surface area contributed by atoms with Crippen LogP contribution in [0.15, 0.2) is 28.8 Å². The Labute approximate surface area is 148 Å². The van der Waals surface area contributed by atoms with E-state index in [1.807, 2.05) is 43.0 Å². The summed E-state index contributed by atoms with van der Waals surface area (Å²) in [5, 5.41) is 7.35. The van der Waals surface area contributed by atoms with E-state index < -0.39 is 0 Å². The molecule has 0 saturated carbocycles. The van der Waals surface area contributed by atoms with Gasteiger partial charge in [-0.1, -0.05) is 23.4 Å². The van der Waals surface area contributed by atoms with E-state index in [4.69, 9.17) is 9.26 Å². The fraction of sp³-hybridized carbons (Fsp3) is 0.474. The topological polar surface area (TPSA) is 67.6 Å². The van der Waals surface area contributed by atoms with Crippen molar-refractivity contribution in [3.63, 3.8) is 0 Å². The van der Waals surface area contributed by atoms with Gasteiger partial charge in [0.05, 0.1) is 18.8 Å². The number of piperazine rings is 1. The summed E-state index contributed by atoms with van der Waals surface area (Å²) in [5.41, 5.74) is 2.95. The highest BCUT2D eigenvalue weighted by Crippen LogP contribution is 2.30. The quantitative estimate of drug-likeness (QED) is 0.903. The first-order chi connectivity index (χ1) is 12.1. The number of benzene rings is 1. The number of aryl methyl sites for hydroxylation is 2. The van der Waals surface area contributed by atoms with Crippen LogP contribution in [0.1, 0.15) is 35.0 Å². The summed E-state index contributed by atoms with van der Waals surface area (Å²) in [4.78, 5) is 14.9. The van der Waals surface area contributed by atoms with Gasteiger partial charge >= 0.3 is 0 Å². The third kappa shape index (κ3) is 3.69. The van der Waals surface area contributed by atoms with Crippen LogP contribution in [-0.4, -0.2) is 42.7 Å². The average Bonchev–Trinajstić information content (AvgIpc) is 2.97. The van der Waals surface area contributed by atoms with Gasteiger partial charge in [-0.3, -0.25) is 4.79 Å². The summed E-state index contributed by atoms with van der Waals surface area (Å²) >= 11 is 0. The molecule has 0 bridgehead atoms. The number of hydrogen-bond acceptors (Lipinski definition) is 5. The number of nitrogens with one attached hydrogen (secondary N) is 1. The summed E-state index contributed by atoms with van der Waals surface area (Å²) in [6.07, 6.45) is 1.11. The second-order valence-corrected chi connectivity index (χ2v) is 6.35. The molecule has 0 unspecified atom stereocenters. The first-order valence-electron chi connectivity index (χ1n) is 8.66. The molecule has 25 heavy (non-hydrogen) atoms. The van der Waals surface area contributed by atoms with E-state index in [2.05, 4.69) is 10.5 Å². The predicted octanol–water partition coefficient (Wildman–Crippen LogP) is 2.41. The lowest BCUT2D eigenvalue weighted by Crippen LogP contribution is -2.48. The van der Waals surface area contributed by atoms with Crippen molar-refractivity contribution < 1.29 is 14.1 Å². The van der Waals surface area contributed by atoms with Crippen LogP contribution in [0.4, 0.5) is 0 Å². The lowest BCUT2D eigenvalue weighted by atomic mass is 10.0. The summed E-state index contributed by atoms with van der Waals surface area (Å²) in [5.74, 6) is 1.77. The summed E-state index contributed by atoms with van der Waals surface area (Å²) < 4.78 is 10.7. The fourth-order valence-electron chi connectivity index (χ4n) is 3.46. The molecular formula is C19H25N3O3. The Morgan fingerprint density at radius 1 is 1.40 bits per heavy atom. The van der Waals surface area contributed by atoms with E-state index in [-0.39, 0.29) is 11.9 Å². The predicted molar refractivity (Wildman–Crippen MR) is 94.6 cm³/mol. The molecule has 1 aromatic heterocycles. The van der Waals surface area contributed by atoms with Crippen molar-refractivity contribution >= 4 is 5.91 Å². The first-order valence-corrected chi connectivity index (χ1v) is 8.66. The molecular weight excluding hydrogens is 318 g/mol. The van der Waals surface area contributed by atoms with E-state index in [0.717, 1.165) is 41.4 Å². The molecule has 2 heterocycles. The number of carbonyl (C=O) groups is 1. The Kier molecular flexibility index (Phi) is 5.38. The van der Waals surface area contributed by atoms with Gasteiger partial charge in [-0.25, -0.2) is 0 Å². The maximum absolute atomic E-state index is 12.9. The minimum absolute atomic E-state index is 0.0120. The van der Waals surface area contributed by atoms with Crippen molar-refractivity contribution in [2.45, 2.75) is 32.7 Å². The molecule has 1 aliphatic rings.